The van der Waals surface area contributed by atoms with Crippen LogP contribution in [0.3, 0.4) is 0 Å². The normalized spacial score (nSPS) is 20.1. The fourth-order valence-corrected chi connectivity index (χ4v) is 8.16. The molecule has 4 N–H and O–H groups in total. The molecule has 0 spiro atoms. The molecule has 0 bridgehead atoms. The Kier molecular flexibility index (Phi) is 36.1. The Morgan fingerprint density at radius 3 is 1.48 bits per heavy atom. The molecule has 0 aliphatic carbocycles. The van der Waals surface area contributed by atoms with Gasteiger partial charge in [0.15, 0.2) is 12.4 Å². The number of rotatable bonds is 41. The van der Waals surface area contributed by atoms with Crippen molar-refractivity contribution in [1.82, 2.24) is 0 Å². The molecule has 0 amide bonds. The summed E-state index contributed by atoms with van der Waals surface area (Å²) < 4.78 is 54.1. The smallest absolute Gasteiger partial charge is 0.306 e. The second-order valence-corrected chi connectivity index (χ2v) is 18.6. The zero-order valence-corrected chi connectivity index (χ0v) is 39.1. The molecule has 12 nitrogen and oxygen atoms in total. The summed E-state index contributed by atoms with van der Waals surface area (Å²) in [6.07, 6.45) is 33.6. The minimum absolute atomic E-state index is 0.166. The van der Waals surface area contributed by atoms with Crippen molar-refractivity contribution in [3.8, 4) is 0 Å². The monoisotopic (exact) mass is 889 g/mol. The van der Waals surface area contributed by atoms with Gasteiger partial charge in [-0.05, 0) is 44.9 Å². The minimum Gasteiger partial charge on any atom is -0.462 e. The van der Waals surface area contributed by atoms with Crippen LogP contribution in [0.1, 0.15) is 213 Å². The van der Waals surface area contributed by atoms with Crippen LogP contribution >= 0.6 is 0 Å². The second-order valence-electron chi connectivity index (χ2n) is 17.1. The number of hydrogen-bond acceptors (Lipinski definition) is 11. The van der Waals surface area contributed by atoms with E-state index in [0.29, 0.717) is 12.8 Å². The van der Waals surface area contributed by atoms with E-state index in [0.717, 1.165) is 64.2 Å². The van der Waals surface area contributed by atoms with Gasteiger partial charge in [-0.2, -0.15) is 8.42 Å². The van der Waals surface area contributed by atoms with E-state index >= 15 is 0 Å². The van der Waals surface area contributed by atoms with E-state index in [1.165, 1.54) is 109 Å². The molecule has 1 aliphatic rings. The molecule has 61 heavy (non-hydrogen) atoms. The quantitative estimate of drug-likeness (QED) is 0.0197. The van der Waals surface area contributed by atoms with E-state index in [2.05, 4.69) is 38.2 Å². The molecule has 1 aliphatic heterocycles. The number of ether oxygens (including phenoxy) is 4. The number of carbonyl (C=O) groups is 2. The molecule has 0 radical (unpaired) electrons. The molecule has 13 heteroatoms. The second kappa shape index (κ2) is 38.6. The SMILES string of the molecule is CCCCC/C=C/C/C=C/CCCCCCCC(=O)OC[C@H](CO[C@H]1O[C@H](CS(=O)(=O)O)[C@@H](O)C(O)C1O)OC(=O)CCCCCCCCCCCCCCCCCCCC. The summed E-state index contributed by atoms with van der Waals surface area (Å²) >= 11 is 0. The van der Waals surface area contributed by atoms with Gasteiger partial charge in [-0.15, -0.1) is 0 Å². The van der Waals surface area contributed by atoms with Gasteiger partial charge in [0.2, 0.25) is 0 Å². The number of unbranched alkanes of at least 4 members (excludes halogenated alkanes) is 25. The number of esters is 2. The molecule has 1 rings (SSSR count). The Hall–Kier alpha value is -1.87. The Labute approximate surface area is 370 Å². The van der Waals surface area contributed by atoms with Crippen LogP contribution in [0.2, 0.25) is 0 Å². The molecule has 0 aromatic carbocycles. The van der Waals surface area contributed by atoms with Crippen LogP contribution in [0.5, 0.6) is 0 Å². The molecule has 0 aromatic rings. The van der Waals surface area contributed by atoms with Gasteiger partial charge in [0.25, 0.3) is 10.1 Å². The van der Waals surface area contributed by atoms with Crippen LogP contribution in [-0.4, -0.2) is 96.0 Å². The van der Waals surface area contributed by atoms with Crippen molar-refractivity contribution in [2.24, 2.45) is 0 Å². The standard InChI is InChI=1S/C48H88O12S/c1-3-5-7-9-11-13-15-17-19-20-21-23-25-27-29-31-33-35-37-44(50)59-41(39-58-48-47(53)46(52)45(51)42(60-48)40-61(54,55)56)38-57-43(49)36-34-32-30-28-26-24-22-18-16-14-12-10-8-6-4-2/h12,14,18,22,41-42,45-48,51-53H,3-11,13,15-17,19-21,23-40H2,1-2H3,(H,54,55,56)/b14-12+,22-18+/t41-,42-,45-,46?,47?,48+/m1/s1. The predicted octanol–water partition coefficient (Wildman–Crippen LogP) is 10.4. The van der Waals surface area contributed by atoms with Crippen molar-refractivity contribution < 1.29 is 56.8 Å². The average Bonchev–Trinajstić information content (AvgIpc) is 3.22. The summed E-state index contributed by atoms with van der Waals surface area (Å²) in [6.45, 7) is 3.75. The van der Waals surface area contributed by atoms with Crippen LogP contribution < -0.4 is 0 Å². The van der Waals surface area contributed by atoms with Crippen molar-refractivity contribution in [3.63, 3.8) is 0 Å². The van der Waals surface area contributed by atoms with Gasteiger partial charge in [0.05, 0.1) is 6.61 Å². The average molecular weight is 889 g/mol. The molecular weight excluding hydrogens is 801 g/mol. The maximum atomic E-state index is 12.8. The van der Waals surface area contributed by atoms with Crippen LogP contribution in [0.4, 0.5) is 0 Å². The first-order valence-electron chi connectivity index (χ1n) is 24.4. The Morgan fingerprint density at radius 2 is 0.984 bits per heavy atom. The fraction of sp³-hybridized carbons (Fsp3) is 0.875. The third kappa shape index (κ3) is 33.3. The summed E-state index contributed by atoms with van der Waals surface area (Å²) in [6, 6.07) is 0. The molecule has 1 saturated heterocycles. The number of carbonyl (C=O) groups excluding carboxylic acids is 2. The zero-order chi connectivity index (χ0) is 44.8. The Balaban J connectivity index is 2.40. The van der Waals surface area contributed by atoms with Crippen LogP contribution in [0.25, 0.3) is 0 Å². The highest BCUT2D eigenvalue weighted by molar-refractivity contribution is 7.85. The summed E-state index contributed by atoms with van der Waals surface area (Å²) in [5.41, 5.74) is 0. The summed E-state index contributed by atoms with van der Waals surface area (Å²) in [4.78, 5) is 25.5. The van der Waals surface area contributed by atoms with Gasteiger partial charge < -0.3 is 34.3 Å². The third-order valence-corrected chi connectivity index (χ3v) is 12.0. The maximum absolute atomic E-state index is 12.8. The predicted molar refractivity (Wildman–Crippen MR) is 243 cm³/mol. The van der Waals surface area contributed by atoms with Crippen molar-refractivity contribution in [2.75, 3.05) is 19.0 Å². The lowest BCUT2D eigenvalue weighted by atomic mass is 10.00. The number of aliphatic hydroxyl groups is 3. The fourth-order valence-electron chi connectivity index (χ4n) is 7.47. The summed E-state index contributed by atoms with van der Waals surface area (Å²) in [7, 11) is -4.60. The number of hydrogen-bond donors (Lipinski definition) is 4. The molecule has 0 aromatic heterocycles. The third-order valence-electron chi connectivity index (χ3n) is 11.3. The Bertz CT molecular complexity index is 1220. The van der Waals surface area contributed by atoms with Gasteiger partial charge in [-0.25, -0.2) is 0 Å². The van der Waals surface area contributed by atoms with Gasteiger partial charge in [0, 0.05) is 12.8 Å². The molecule has 2 unspecified atom stereocenters. The van der Waals surface area contributed by atoms with Crippen molar-refractivity contribution >= 4 is 22.1 Å². The first kappa shape index (κ1) is 57.1. The summed E-state index contributed by atoms with van der Waals surface area (Å²) in [5.74, 6) is -1.99. The lowest BCUT2D eigenvalue weighted by Gasteiger charge is -2.40. The highest BCUT2D eigenvalue weighted by atomic mass is 32.2. The van der Waals surface area contributed by atoms with Crippen molar-refractivity contribution in [2.45, 2.75) is 250 Å². The highest BCUT2D eigenvalue weighted by Gasteiger charge is 2.46. The zero-order valence-electron chi connectivity index (χ0n) is 38.3. The van der Waals surface area contributed by atoms with Crippen LogP contribution in [0, 0.1) is 0 Å². The van der Waals surface area contributed by atoms with Crippen LogP contribution in [-0.2, 0) is 38.7 Å². The van der Waals surface area contributed by atoms with Crippen LogP contribution in [0.15, 0.2) is 24.3 Å². The highest BCUT2D eigenvalue weighted by Crippen LogP contribution is 2.24. The lowest BCUT2D eigenvalue weighted by Crippen LogP contribution is -2.60. The van der Waals surface area contributed by atoms with Gasteiger partial charge >= 0.3 is 11.9 Å². The Morgan fingerprint density at radius 1 is 0.557 bits per heavy atom. The van der Waals surface area contributed by atoms with E-state index < -0.39 is 71.2 Å². The molecule has 0 saturated carbocycles. The summed E-state index contributed by atoms with van der Waals surface area (Å²) in [5, 5.41) is 30.9. The van der Waals surface area contributed by atoms with Crippen molar-refractivity contribution in [3.05, 3.63) is 24.3 Å². The largest absolute Gasteiger partial charge is 0.462 e. The minimum atomic E-state index is -4.60. The van der Waals surface area contributed by atoms with Gasteiger partial charge in [0.1, 0.15) is 36.8 Å². The molecule has 358 valence electrons. The van der Waals surface area contributed by atoms with E-state index in [1.807, 2.05) is 0 Å². The van der Waals surface area contributed by atoms with E-state index in [9.17, 15) is 37.9 Å². The molecule has 6 atom stereocenters. The van der Waals surface area contributed by atoms with E-state index in [1.54, 1.807) is 0 Å². The van der Waals surface area contributed by atoms with E-state index in [4.69, 9.17) is 18.9 Å². The van der Waals surface area contributed by atoms with Gasteiger partial charge in [-0.1, -0.05) is 179 Å². The first-order valence-corrected chi connectivity index (χ1v) is 26.0. The number of allylic oxidation sites excluding steroid dienone is 4. The molecule has 1 heterocycles. The van der Waals surface area contributed by atoms with Crippen molar-refractivity contribution in [1.29, 1.82) is 0 Å². The maximum Gasteiger partial charge on any atom is 0.306 e. The molecule has 1 fully saturated rings. The molecular formula is C48H88O12S. The number of aliphatic hydroxyl groups excluding tert-OH is 3. The van der Waals surface area contributed by atoms with Gasteiger partial charge in [-0.3, -0.25) is 14.1 Å². The first-order chi connectivity index (χ1) is 29.5. The van der Waals surface area contributed by atoms with E-state index in [-0.39, 0.29) is 19.4 Å². The topological polar surface area (TPSA) is 186 Å². The lowest BCUT2D eigenvalue weighted by molar-refractivity contribution is -0.297.